The fourth-order valence-electron chi connectivity index (χ4n) is 2.41. The number of benzene rings is 2. The van der Waals surface area contributed by atoms with E-state index in [0.717, 1.165) is 17.1 Å². The number of anilines is 1. The molecule has 0 bridgehead atoms. The Morgan fingerprint density at radius 1 is 1.22 bits per heavy atom. The summed E-state index contributed by atoms with van der Waals surface area (Å²) >= 11 is 7.43. The van der Waals surface area contributed by atoms with Crippen LogP contribution in [0.1, 0.15) is 5.82 Å². The van der Waals surface area contributed by atoms with Gasteiger partial charge in [0.25, 0.3) is 0 Å². The highest BCUT2D eigenvalue weighted by molar-refractivity contribution is 7.99. The summed E-state index contributed by atoms with van der Waals surface area (Å²) in [6.45, 7) is 0.403. The highest BCUT2D eigenvalue weighted by atomic mass is 35.5. The summed E-state index contributed by atoms with van der Waals surface area (Å²) in [7, 11) is 1.61. The molecule has 0 atom stereocenters. The van der Waals surface area contributed by atoms with Gasteiger partial charge in [-0.05, 0) is 36.4 Å². The van der Waals surface area contributed by atoms with Gasteiger partial charge in [0.05, 0.1) is 30.1 Å². The van der Waals surface area contributed by atoms with Gasteiger partial charge in [-0.3, -0.25) is 9.36 Å². The van der Waals surface area contributed by atoms with Crippen molar-refractivity contribution in [3.8, 4) is 11.4 Å². The van der Waals surface area contributed by atoms with Gasteiger partial charge in [-0.15, -0.1) is 10.2 Å². The molecule has 1 heterocycles. The number of amides is 1. The molecule has 0 aliphatic carbocycles. The van der Waals surface area contributed by atoms with Crippen LogP contribution in [0.4, 0.5) is 5.69 Å². The number of nitrogens with zero attached hydrogens (tertiary/aromatic N) is 3. The van der Waals surface area contributed by atoms with Crippen LogP contribution in [-0.4, -0.2) is 33.5 Å². The van der Waals surface area contributed by atoms with E-state index in [0.29, 0.717) is 22.5 Å². The smallest absolute Gasteiger partial charge is 0.227 e. The zero-order valence-corrected chi connectivity index (χ0v) is 16.1. The predicted octanol–water partition coefficient (Wildman–Crippen LogP) is 3.12. The van der Waals surface area contributed by atoms with E-state index in [1.165, 1.54) is 11.8 Å². The number of halogens is 1. The standard InChI is InChI=1S/C18H18ClN5O2S/c1-26-13-8-6-12(7-9-13)24-17(22-23-18(24)27-11-16(20)25)10-21-15-5-3-2-4-14(15)19/h2-9,21H,10-11H2,1H3,(H2,20,25). The van der Waals surface area contributed by atoms with Gasteiger partial charge in [-0.25, -0.2) is 0 Å². The molecule has 1 aromatic heterocycles. The molecule has 0 saturated heterocycles. The molecule has 7 nitrogen and oxygen atoms in total. The monoisotopic (exact) mass is 403 g/mol. The van der Waals surface area contributed by atoms with E-state index < -0.39 is 5.91 Å². The average Bonchev–Trinajstić information content (AvgIpc) is 3.08. The number of carbonyl (C=O) groups is 1. The predicted molar refractivity (Wildman–Crippen MR) is 107 cm³/mol. The lowest BCUT2D eigenvalue weighted by atomic mass is 10.3. The van der Waals surface area contributed by atoms with Crippen molar-refractivity contribution in [2.24, 2.45) is 5.73 Å². The summed E-state index contributed by atoms with van der Waals surface area (Å²) in [5.74, 6) is 1.12. The molecule has 0 spiro atoms. The minimum Gasteiger partial charge on any atom is -0.497 e. The van der Waals surface area contributed by atoms with Crippen molar-refractivity contribution >= 4 is 35.0 Å². The maximum Gasteiger partial charge on any atom is 0.227 e. The van der Waals surface area contributed by atoms with Crippen LogP contribution in [0.15, 0.2) is 53.7 Å². The second-order valence-electron chi connectivity index (χ2n) is 5.52. The van der Waals surface area contributed by atoms with Crippen LogP contribution in [0.2, 0.25) is 5.02 Å². The molecule has 3 rings (SSSR count). The Bertz CT molecular complexity index is 930. The summed E-state index contributed by atoms with van der Waals surface area (Å²) < 4.78 is 7.08. The van der Waals surface area contributed by atoms with E-state index in [2.05, 4.69) is 15.5 Å². The molecule has 0 aliphatic rings. The molecular formula is C18H18ClN5O2S. The maximum atomic E-state index is 11.2. The number of thioether (sulfide) groups is 1. The van der Waals surface area contributed by atoms with E-state index in [9.17, 15) is 4.79 Å². The fraction of sp³-hybridized carbons (Fsp3) is 0.167. The molecule has 0 unspecified atom stereocenters. The Kier molecular flexibility index (Phi) is 6.20. The third-order valence-corrected chi connectivity index (χ3v) is 4.97. The molecule has 3 aromatic rings. The van der Waals surface area contributed by atoms with Crippen molar-refractivity contribution in [2.75, 3.05) is 18.2 Å². The average molecular weight is 404 g/mol. The van der Waals surface area contributed by atoms with Gasteiger partial charge in [0.2, 0.25) is 5.91 Å². The molecule has 0 fully saturated rings. The van der Waals surface area contributed by atoms with Crippen LogP contribution in [0.5, 0.6) is 5.75 Å². The van der Waals surface area contributed by atoms with Crippen LogP contribution < -0.4 is 15.8 Å². The van der Waals surface area contributed by atoms with Crippen molar-refractivity contribution in [1.29, 1.82) is 0 Å². The minimum atomic E-state index is -0.417. The molecule has 0 saturated carbocycles. The minimum absolute atomic E-state index is 0.117. The van der Waals surface area contributed by atoms with Crippen molar-refractivity contribution < 1.29 is 9.53 Å². The second-order valence-corrected chi connectivity index (χ2v) is 6.87. The lowest BCUT2D eigenvalue weighted by Crippen LogP contribution is -2.14. The van der Waals surface area contributed by atoms with E-state index in [1.54, 1.807) is 7.11 Å². The topological polar surface area (TPSA) is 95.1 Å². The first-order valence-electron chi connectivity index (χ1n) is 8.06. The van der Waals surface area contributed by atoms with Gasteiger partial charge >= 0.3 is 0 Å². The molecule has 0 radical (unpaired) electrons. The third-order valence-electron chi connectivity index (χ3n) is 3.69. The Labute approximate surface area is 165 Å². The first-order valence-corrected chi connectivity index (χ1v) is 9.43. The normalized spacial score (nSPS) is 10.6. The molecule has 9 heteroatoms. The number of methoxy groups -OCH3 is 1. The number of nitrogens with one attached hydrogen (secondary N) is 1. The molecule has 1 amide bonds. The van der Waals surface area contributed by atoms with Crippen LogP contribution in [0.25, 0.3) is 5.69 Å². The summed E-state index contributed by atoms with van der Waals surface area (Å²) in [5.41, 5.74) is 6.92. The maximum absolute atomic E-state index is 11.2. The quantitative estimate of drug-likeness (QED) is 0.561. The molecule has 0 aliphatic heterocycles. The lowest BCUT2D eigenvalue weighted by Gasteiger charge is -2.12. The summed E-state index contributed by atoms with van der Waals surface area (Å²) in [6, 6.07) is 15.0. The molecule has 3 N–H and O–H groups in total. The first kappa shape index (κ1) is 19.1. The number of hydrogen-bond donors (Lipinski definition) is 2. The largest absolute Gasteiger partial charge is 0.497 e. The van der Waals surface area contributed by atoms with Gasteiger partial charge in [0.1, 0.15) is 5.75 Å². The van der Waals surface area contributed by atoms with Gasteiger partial charge in [-0.2, -0.15) is 0 Å². The molecule has 140 valence electrons. The van der Waals surface area contributed by atoms with Gasteiger partial charge in [0, 0.05) is 5.69 Å². The fourth-order valence-corrected chi connectivity index (χ4v) is 3.33. The number of aromatic nitrogens is 3. The molecular weight excluding hydrogens is 386 g/mol. The van der Waals surface area contributed by atoms with Crippen LogP contribution >= 0.6 is 23.4 Å². The first-order chi connectivity index (χ1) is 13.1. The number of carbonyl (C=O) groups excluding carboxylic acids is 1. The SMILES string of the molecule is COc1ccc(-n2c(CNc3ccccc3Cl)nnc2SCC(N)=O)cc1. The van der Waals surface area contributed by atoms with Crippen LogP contribution in [0, 0.1) is 0 Å². The van der Waals surface area contributed by atoms with Crippen molar-refractivity contribution in [1.82, 2.24) is 14.8 Å². The van der Waals surface area contributed by atoms with E-state index in [4.69, 9.17) is 22.1 Å². The number of primary amides is 1. The van der Waals surface area contributed by atoms with Gasteiger partial charge in [0.15, 0.2) is 11.0 Å². The zero-order valence-electron chi connectivity index (χ0n) is 14.6. The Morgan fingerprint density at radius 3 is 2.63 bits per heavy atom. The van der Waals surface area contributed by atoms with Gasteiger partial charge < -0.3 is 15.8 Å². The number of hydrogen-bond acceptors (Lipinski definition) is 6. The Hall–Kier alpha value is -2.71. The number of ether oxygens (including phenoxy) is 1. The second kappa shape index (κ2) is 8.79. The Balaban J connectivity index is 1.90. The number of para-hydroxylation sites is 1. The third kappa shape index (κ3) is 4.72. The number of nitrogens with two attached hydrogens (primary N) is 1. The molecule has 27 heavy (non-hydrogen) atoms. The summed E-state index contributed by atoms with van der Waals surface area (Å²) in [5, 5.41) is 12.9. The van der Waals surface area contributed by atoms with E-state index in [-0.39, 0.29) is 5.75 Å². The van der Waals surface area contributed by atoms with Crippen LogP contribution in [-0.2, 0) is 11.3 Å². The van der Waals surface area contributed by atoms with Crippen molar-refractivity contribution in [2.45, 2.75) is 11.7 Å². The highest BCUT2D eigenvalue weighted by Gasteiger charge is 2.15. The summed E-state index contributed by atoms with van der Waals surface area (Å²) in [4.78, 5) is 11.2. The van der Waals surface area contributed by atoms with Crippen LogP contribution in [0.3, 0.4) is 0 Å². The zero-order chi connectivity index (χ0) is 19.2. The number of rotatable bonds is 8. The van der Waals surface area contributed by atoms with Crippen molar-refractivity contribution in [3.63, 3.8) is 0 Å². The van der Waals surface area contributed by atoms with Gasteiger partial charge in [-0.1, -0.05) is 35.5 Å². The lowest BCUT2D eigenvalue weighted by molar-refractivity contribution is -0.115. The van der Waals surface area contributed by atoms with Crippen molar-refractivity contribution in [3.05, 3.63) is 59.4 Å². The van der Waals surface area contributed by atoms with E-state index >= 15 is 0 Å². The Morgan fingerprint density at radius 2 is 1.96 bits per heavy atom. The summed E-state index contributed by atoms with van der Waals surface area (Å²) in [6.07, 6.45) is 0. The highest BCUT2D eigenvalue weighted by Crippen LogP contribution is 2.25. The molecule has 2 aromatic carbocycles. The van der Waals surface area contributed by atoms with E-state index in [1.807, 2.05) is 53.1 Å².